The zero-order chi connectivity index (χ0) is 17.0. The first-order chi connectivity index (χ1) is 10.8. The van der Waals surface area contributed by atoms with Crippen LogP contribution in [-0.4, -0.2) is 43.0 Å². The minimum Gasteiger partial charge on any atom is -0.392 e. The lowest BCUT2D eigenvalue weighted by Gasteiger charge is -2.04. The zero-order valence-corrected chi connectivity index (χ0v) is 13.6. The van der Waals surface area contributed by atoms with Crippen molar-refractivity contribution in [1.29, 1.82) is 0 Å². The van der Waals surface area contributed by atoms with E-state index in [1.165, 1.54) is 18.2 Å². The number of carbonyl (C=O) groups is 1. The number of aliphatic hydroxyl groups is 1. The highest BCUT2D eigenvalue weighted by Gasteiger charge is 2.15. The van der Waals surface area contributed by atoms with Crippen molar-refractivity contribution in [1.82, 2.24) is 10.5 Å². The monoisotopic (exact) mass is 338 g/mol. The van der Waals surface area contributed by atoms with Crippen LogP contribution in [0.5, 0.6) is 0 Å². The Bertz CT molecular complexity index is 778. The van der Waals surface area contributed by atoms with Crippen LogP contribution in [0.1, 0.15) is 24.3 Å². The molecular weight excluding hydrogens is 320 g/mol. The van der Waals surface area contributed by atoms with Gasteiger partial charge in [-0.1, -0.05) is 12.1 Å². The van der Waals surface area contributed by atoms with Gasteiger partial charge in [-0.2, -0.15) is 0 Å². The summed E-state index contributed by atoms with van der Waals surface area (Å²) in [6.45, 7) is 3.25. The van der Waals surface area contributed by atoms with Gasteiger partial charge in [0.25, 0.3) is 5.91 Å². The van der Waals surface area contributed by atoms with Crippen molar-refractivity contribution in [2.24, 2.45) is 0 Å². The molecule has 0 aliphatic rings. The number of hydrogen-bond acceptors (Lipinski definition) is 6. The lowest BCUT2D eigenvalue weighted by Crippen LogP contribution is -2.30. The summed E-state index contributed by atoms with van der Waals surface area (Å²) in [7, 11) is -3.25. The maximum absolute atomic E-state index is 11.8. The quantitative estimate of drug-likeness (QED) is 0.820. The molecule has 1 atom stereocenters. The molecule has 0 saturated carbocycles. The van der Waals surface area contributed by atoms with Gasteiger partial charge in [0.05, 0.1) is 16.8 Å². The third-order valence-electron chi connectivity index (χ3n) is 3.18. The van der Waals surface area contributed by atoms with Gasteiger partial charge in [-0.05, 0) is 31.2 Å². The third-order valence-corrected chi connectivity index (χ3v) is 4.93. The zero-order valence-electron chi connectivity index (χ0n) is 12.8. The second-order valence-electron chi connectivity index (χ2n) is 5.06. The predicted molar refractivity (Wildman–Crippen MR) is 83.7 cm³/mol. The Morgan fingerprint density at radius 2 is 2.00 bits per heavy atom. The Kier molecular flexibility index (Phi) is 5.17. The molecule has 1 unspecified atom stereocenters. The van der Waals surface area contributed by atoms with E-state index < -0.39 is 21.8 Å². The van der Waals surface area contributed by atoms with Crippen molar-refractivity contribution in [3.05, 3.63) is 36.0 Å². The smallest absolute Gasteiger partial charge is 0.273 e. The van der Waals surface area contributed by atoms with E-state index in [2.05, 4.69) is 10.5 Å². The Hall–Kier alpha value is -2.19. The molecule has 0 radical (unpaired) electrons. The molecule has 2 N–H and O–H groups in total. The Labute approximate surface area is 134 Å². The largest absolute Gasteiger partial charge is 0.392 e. The number of hydrogen-bond donors (Lipinski definition) is 2. The molecule has 1 amide bonds. The molecule has 0 spiro atoms. The molecule has 7 nitrogen and oxygen atoms in total. The van der Waals surface area contributed by atoms with Crippen LogP contribution in [0.4, 0.5) is 0 Å². The lowest BCUT2D eigenvalue weighted by atomic mass is 10.1. The second-order valence-corrected chi connectivity index (χ2v) is 7.34. The molecule has 23 heavy (non-hydrogen) atoms. The Balaban J connectivity index is 2.16. The van der Waals surface area contributed by atoms with Gasteiger partial charge >= 0.3 is 0 Å². The first kappa shape index (κ1) is 17.2. The SMILES string of the molecule is CCS(=O)(=O)c1ccc(-c2cc(C(=O)NCC(C)O)no2)cc1. The summed E-state index contributed by atoms with van der Waals surface area (Å²) >= 11 is 0. The summed E-state index contributed by atoms with van der Waals surface area (Å²) in [5, 5.41) is 15.3. The summed E-state index contributed by atoms with van der Waals surface area (Å²) in [4.78, 5) is 12.0. The van der Waals surface area contributed by atoms with Gasteiger partial charge in [0.1, 0.15) is 0 Å². The van der Waals surface area contributed by atoms with Crippen LogP contribution < -0.4 is 5.32 Å². The highest BCUT2D eigenvalue weighted by atomic mass is 32.2. The van der Waals surface area contributed by atoms with E-state index in [0.29, 0.717) is 11.3 Å². The molecule has 2 rings (SSSR count). The van der Waals surface area contributed by atoms with Gasteiger partial charge in [0, 0.05) is 18.2 Å². The van der Waals surface area contributed by atoms with Crippen molar-refractivity contribution in [3.8, 4) is 11.3 Å². The molecule has 1 aromatic heterocycles. The highest BCUT2D eigenvalue weighted by molar-refractivity contribution is 7.91. The molecule has 0 saturated heterocycles. The molecule has 8 heteroatoms. The lowest BCUT2D eigenvalue weighted by molar-refractivity contribution is 0.0915. The van der Waals surface area contributed by atoms with Gasteiger partial charge < -0.3 is 14.9 Å². The molecule has 1 heterocycles. The summed E-state index contributed by atoms with van der Waals surface area (Å²) < 4.78 is 28.6. The summed E-state index contributed by atoms with van der Waals surface area (Å²) in [6, 6.07) is 7.63. The van der Waals surface area contributed by atoms with Crippen molar-refractivity contribution in [2.45, 2.75) is 24.8 Å². The molecule has 1 aromatic carbocycles. The van der Waals surface area contributed by atoms with E-state index in [4.69, 9.17) is 9.63 Å². The van der Waals surface area contributed by atoms with Crippen LogP contribution >= 0.6 is 0 Å². The molecule has 0 aliphatic carbocycles. The van der Waals surface area contributed by atoms with E-state index in [9.17, 15) is 13.2 Å². The maximum atomic E-state index is 11.8. The molecule has 0 aliphatic heterocycles. The minimum atomic E-state index is -3.25. The van der Waals surface area contributed by atoms with E-state index in [-0.39, 0.29) is 22.9 Å². The van der Waals surface area contributed by atoms with Crippen LogP contribution in [0.2, 0.25) is 0 Å². The average molecular weight is 338 g/mol. The highest BCUT2D eigenvalue weighted by Crippen LogP contribution is 2.22. The number of nitrogens with zero attached hydrogens (tertiary/aromatic N) is 1. The fourth-order valence-corrected chi connectivity index (χ4v) is 2.73. The van der Waals surface area contributed by atoms with Crippen LogP contribution in [0, 0.1) is 0 Å². The first-order valence-electron chi connectivity index (χ1n) is 7.09. The van der Waals surface area contributed by atoms with Crippen molar-refractivity contribution >= 4 is 15.7 Å². The van der Waals surface area contributed by atoms with E-state index >= 15 is 0 Å². The van der Waals surface area contributed by atoms with Crippen molar-refractivity contribution in [3.63, 3.8) is 0 Å². The van der Waals surface area contributed by atoms with Crippen LogP contribution in [0.15, 0.2) is 39.8 Å². The normalized spacial score (nSPS) is 12.8. The minimum absolute atomic E-state index is 0.0300. The van der Waals surface area contributed by atoms with Crippen molar-refractivity contribution < 1.29 is 22.8 Å². The maximum Gasteiger partial charge on any atom is 0.273 e. The Morgan fingerprint density at radius 3 is 2.57 bits per heavy atom. The number of benzene rings is 1. The third kappa shape index (κ3) is 4.17. The molecule has 124 valence electrons. The van der Waals surface area contributed by atoms with Crippen molar-refractivity contribution in [2.75, 3.05) is 12.3 Å². The fourth-order valence-electron chi connectivity index (χ4n) is 1.84. The van der Waals surface area contributed by atoms with E-state index in [0.717, 1.165) is 0 Å². The number of amides is 1. The number of aliphatic hydroxyl groups excluding tert-OH is 1. The number of carbonyl (C=O) groups excluding carboxylic acids is 1. The topological polar surface area (TPSA) is 110 Å². The molecule has 2 aromatic rings. The average Bonchev–Trinajstić information content (AvgIpc) is 3.02. The van der Waals surface area contributed by atoms with Gasteiger partial charge in [-0.15, -0.1) is 0 Å². The summed E-state index contributed by atoms with van der Waals surface area (Å²) in [5.74, 6) is -0.0684. The van der Waals surface area contributed by atoms with Gasteiger partial charge in [-0.25, -0.2) is 8.42 Å². The fraction of sp³-hybridized carbons (Fsp3) is 0.333. The van der Waals surface area contributed by atoms with Crippen LogP contribution in [-0.2, 0) is 9.84 Å². The summed E-state index contributed by atoms with van der Waals surface area (Å²) in [5.41, 5.74) is 0.702. The van der Waals surface area contributed by atoms with E-state index in [1.54, 1.807) is 26.0 Å². The number of aromatic nitrogens is 1. The standard InChI is InChI=1S/C15H18N2O5S/c1-3-23(20,21)12-6-4-11(5-7-12)14-8-13(17-22-14)15(19)16-9-10(2)18/h4-8,10,18H,3,9H2,1-2H3,(H,16,19). The number of rotatable bonds is 6. The number of sulfone groups is 1. The van der Waals surface area contributed by atoms with Crippen LogP contribution in [0.3, 0.4) is 0 Å². The van der Waals surface area contributed by atoms with Gasteiger partial charge in [0.15, 0.2) is 21.3 Å². The van der Waals surface area contributed by atoms with Gasteiger partial charge in [-0.3, -0.25) is 4.79 Å². The Morgan fingerprint density at radius 1 is 1.35 bits per heavy atom. The number of nitrogens with one attached hydrogen (secondary N) is 1. The molecular formula is C15H18N2O5S. The second kappa shape index (κ2) is 6.93. The molecule has 0 fully saturated rings. The van der Waals surface area contributed by atoms with Crippen LogP contribution in [0.25, 0.3) is 11.3 Å². The van der Waals surface area contributed by atoms with Gasteiger partial charge in [0.2, 0.25) is 0 Å². The summed E-state index contributed by atoms with van der Waals surface area (Å²) in [6.07, 6.45) is -0.654. The first-order valence-corrected chi connectivity index (χ1v) is 8.75. The predicted octanol–water partition coefficient (Wildman–Crippen LogP) is 1.25. The molecule has 0 bridgehead atoms. The van der Waals surface area contributed by atoms with E-state index in [1.807, 2.05) is 0 Å².